The maximum absolute atomic E-state index is 11.8. The Balaban J connectivity index is 2.53. The van der Waals surface area contributed by atoms with Crippen molar-refractivity contribution in [3.8, 4) is 0 Å². The lowest BCUT2D eigenvalue weighted by Gasteiger charge is -2.25. The van der Waals surface area contributed by atoms with Crippen LogP contribution in [-0.4, -0.2) is 23.3 Å². The minimum absolute atomic E-state index is 0.0540. The summed E-state index contributed by atoms with van der Waals surface area (Å²) in [5, 5.41) is 14.5. The van der Waals surface area contributed by atoms with E-state index in [0.29, 0.717) is 6.42 Å². The average molecular weight is 250 g/mol. The number of amides is 2. The quantitative estimate of drug-likeness (QED) is 0.752. The topological polar surface area (TPSA) is 61.4 Å². The van der Waals surface area contributed by atoms with Gasteiger partial charge in [-0.05, 0) is 44.4 Å². The molecule has 0 saturated heterocycles. The number of carbonyl (C=O) groups excluding carboxylic acids is 1. The number of urea groups is 1. The highest BCUT2D eigenvalue weighted by molar-refractivity contribution is 5.89. The van der Waals surface area contributed by atoms with E-state index < -0.39 is 5.54 Å². The van der Waals surface area contributed by atoms with Gasteiger partial charge in [0.2, 0.25) is 0 Å². The summed E-state index contributed by atoms with van der Waals surface area (Å²) in [4.78, 5) is 11.8. The summed E-state index contributed by atoms with van der Waals surface area (Å²) in [6, 6.07) is 7.51. The fourth-order valence-corrected chi connectivity index (χ4v) is 1.64. The van der Waals surface area contributed by atoms with Crippen LogP contribution in [0.4, 0.5) is 10.5 Å². The Hall–Kier alpha value is -1.55. The first-order valence-electron chi connectivity index (χ1n) is 6.26. The van der Waals surface area contributed by atoms with E-state index >= 15 is 0 Å². The number of anilines is 1. The molecule has 2 amide bonds. The fraction of sp³-hybridized carbons (Fsp3) is 0.500. The van der Waals surface area contributed by atoms with E-state index in [1.807, 2.05) is 38.1 Å². The summed E-state index contributed by atoms with van der Waals surface area (Å²) in [5.41, 5.74) is 1.59. The van der Waals surface area contributed by atoms with Crippen molar-refractivity contribution >= 4 is 11.7 Å². The SMILES string of the molecule is CCc1ccc(NC(=O)NC(C)(C)CCO)cc1. The molecule has 0 atom stereocenters. The monoisotopic (exact) mass is 250 g/mol. The van der Waals surface area contributed by atoms with Gasteiger partial charge in [0.25, 0.3) is 0 Å². The van der Waals surface area contributed by atoms with E-state index in [2.05, 4.69) is 17.6 Å². The molecule has 1 aromatic rings. The molecular weight excluding hydrogens is 228 g/mol. The zero-order chi connectivity index (χ0) is 13.6. The third-order valence-electron chi connectivity index (χ3n) is 2.81. The van der Waals surface area contributed by atoms with Crippen molar-refractivity contribution in [3.05, 3.63) is 29.8 Å². The zero-order valence-corrected chi connectivity index (χ0v) is 11.3. The first-order chi connectivity index (χ1) is 8.46. The van der Waals surface area contributed by atoms with Gasteiger partial charge in [-0.3, -0.25) is 0 Å². The highest BCUT2D eigenvalue weighted by Gasteiger charge is 2.19. The smallest absolute Gasteiger partial charge is 0.319 e. The Morgan fingerprint density at radius 3 is 2.39 bits per heavy atom. The normalized spacial score (nSPS) is 11.1. The van der Waals surface area contributed by atoms with Gasteiger partial charge >= 0.3 is 6.03 Å². The number of aliphatic hydroxyl groups is 1. The second kappa shape index (κ2) is 6.40. The number of benzene rings is 1. The third kappa shape index (κ3) is 4.75. The van der Waals surface area contributed by atoms with Crippen LogP contribution in [-0.2, 0) is 6.42 Å². The standard InChI is InChI=1S/C14H22N2O2/c1-4-11-5-7-12(8-6-11)15-13(18)16-14(2,3)9-10-17/h5-8,17H,4,9-10H2,1-3H3,(H2,15,16,18). The largest absolute Gasteiger partial charge is 0.396 e. The number of nitrogens with one attached hydrogen (secondary N) is 2. The van der Waals surface area contributed by atoms with Crippen LogP contribution in [0.5, 0.6) is 0 Å². The van der Waals surface area contributed by atoms with Crippen molar-refractivity contribution in [2.24, 2.45) is 0 Å². The van der Waals surface area contributed by atoms with Gasteiger partial charge in [0, 0.05) is 17.8 Å². The molecule has 18 heavy (non-hydrogen) atoms. The van der Waals surface area contributed by atoms with Gasteiger partial charge in [-0.2, -0.15) is 0 Å². The number of hydrogen-bond acceptors (Lipinski definition) is 2. The molecule has 0 aliphatic rings. The molecule has 1 aromatic carbocycles. The summed E-state index contributed by atoms with van der Waals surface area (Å²) in [5.74, 6) is 0. The van der Waals surface area contributed by atoms with Crippen LogP contribution in [0.3, 0.4) is 0 Å². The molecule has 0 unspecified atom stereocenters. The van der Waals surface area contributed by atoms with E-state index in [-0.39, 0.29) is 12.6 Å². The molecule has 0 radical (unpaired) electrons. The average Bonchev–Trinajstić information content (AvgIpc) is 2.28. The predicted molar refractivity (Wildman–Crippen MR) is 73.8 cm³/mol. The Morgan fingerprint density at radius 1 is 1.28 bits per heavy atom. The molecule has 0 aliphatic carbocycles. The van der Waals surface area contributed by atoms with Gasteiger partial charge in [0.15, 0.2) is 0 Å². The first kappa shape index (κ1) is 14.5. The second-order valence-electron chi connectivity index (χ2n) is 4.99. The maximum atomic E-state index is 11.8. The molecule has 3 N–H and O–H groups in total. The molecule has 0 aliphatic heterocycles. The third-order valence-corrected chi connectivity index (χ3v) is 2.81. The van der Waals surface area contributed by atoms with Crippen LogP contribution in [0.25, 0.3) is 0 Å². The lowest BCUT2D eigenvalue weighted by atomic mass is 10.0. The lowest BCUT2D eigenvalue weighted by Crippen LogP contribution is -2.46. The molecule has 100 valence electrons. The van der Waals surface area contributed by atoms with Crippen LogP contribution in [0, 0.1) is 0 Å². The van der Waals surface area contributed by atoms with Gasteiger partial charge in [-0.1, -0.05) is 19.1 Å². The van der Waals surface area contributed by atoms with Gasteiger partial charge in [-0.15, -0.1) is 0 Å². The number of aliphatic hydroxyl groups excluding tert-OH is 1. The maximum Gasteiger partial charge on any atom is 0.319 e. The van der Waals surface area contributed by atoms with Gasteiger partial charge in [0.05, 0.1) is 0 Å². The number of hydrogen-bond donors (Lipinski definition) is 3. The van der Waals surface area contributed by atoms with Crippen LogP contribution >= 0.6 is 0 Å². The molecule has 1 rings (SSSR count). The zero-order valence-electron chi connectivity index (χ0n) is 11.3. The number of aryl methyl sites for hydroxylation is 1. The van der Waals surface area contributed by atoms with E-state index in [1.165, 1.54) is 5.56 Å². The minimum atomic E-state index is -0.414. The highest BCUT2D eigenvalue weighted by Crippen LogP contribution is 2.11. The molecule has 0 heterocycles. The molecule has 4 nitrogen and oxygen atoms in total. The Labute approximate surface area is 108 Å². The molecule has 0 spiro atoms. The molecular formula is C14H22N2O2. The van der Waals surface area contributed by atoms with Gasteiger partial charge < -0.3 is 15.7 Å². The molecule has 4 heteroatoms. The van der Waals surface area contributed by atoms with E-state index in [4.69, 9.17) is 5.11 Å². The minimum Gasteiger partial charge on any atom is -0.396 e. The fourth-order valence-electron chi connectivity index (χ4n) is 1.64. The molecule has 0 aromatic heterocycles. The second-order valence-corrected chi connectivity index (χ2v) is 4.99. The summed E-state index contributed by atoms with van der Waals surface area (Å²) in [6.07, 6.45) is 1.51. The predicted octanol–water partition coefficient (Wildman–Crippen LogP) is 2.53. The van der Waals surface area contributed by atoms with Crippen molar-refractivity contribution in [1.29, 1.82) is 0 Å². The van der Waals surface area contributed by atoms with Crippen molar-refractivity contribution in [2.75, 3.05) is 11.9 Å². The van der Waals surface area contributed by atoms with E-state index in [1.54, 1.807) is 0 Å². The van der Waals surface area contributed by atoms with E-state index in [9.17, 15) is 4.79 Å². The van der Waals surface area contributed by atoms with Crippen molar-refractivity contribution < 1.29 is 9.90 Å². The van der Waals surface area contributed by atoms with Crippen molar-refractivity contribution in [2.45, 2.75) is 39.2 Å². The Bertz CT molecular complexity index is 385. The Morgan fingerprint density at radius 2 is 1.89 bits per heavy atom. The lowest BCUT2D eigenvalue weighted by molar-refractivity contribution is 0.218. The van der Waals surface area contributed by atoms with E-state index in [0.717, 1.165) is 12.1 Å². The Kier molecular flexibility index (Phi) is 5.16. The summed E-state index contributed by atoms with van der Waals surface area (Å²) in [7, 11) is 0. The number of rotatable bonds is 5. The van der Waals surface area contributed by atoms with Crippen LogP contribution in [0.2, 0.25) is 0 Å². The first-order valence-corrected chi connectivity index (χ1v) is 6.26. The summed E-state index contributed by atoms with van der Waals surface area (Å²) < 4.78 is 0. The van der Waals surface area contributed by atoms with Crippen LogP contribution < -0.4 is 10.6 Å². The molecule has 0 fully saturated rings. The summed E-state index contributed by atoms with van der Waals surface area (Å²) in [6.45, 7) is 5.90. The van der Waals surface area contributed by atoms with Gasteiger partial charge in [-0.25, -0.2) is 4.79 Å². The summed E-state index contributed by atoms with van der Waals surface area (Å²) >= 11 is 0. The van der Waals surface area contributed by atoms with Gasteiger partial charge in [0.1, 0.15) is 0 Å². The van der Waals surface area contributed by atoms with Crippen LogP contribution in [0.1, 0.15) is 32.8 Å². The number of carbonyl (C=O) groups is 1. The highest BCUT2D eigenvalue weighted by atomic mass is 16.3. The van der Waals surface area contributed by atoms with Crippen LogP contribution in [0.15, 0.2) is 24.3 Å². The van der Waals surface area contributed by atoms with Crippen molar-refractivity contribution in [1.82, 2.24) is 5.32 Å². The molecule has 0 bridgehead atoms. The van der Waals surface area contributed by atoms with Crippen molar-refractivity contribution in [3.63, 3.8) is 0 Å². The molecule has 0 saturated carbocycles.